The van der Waals surface area contributed by atoms with Gasteiger partial charge in [0.25, 0.3) is 0 Å². The first-order chi connectivity index (χ1) is 17.6. The third kappa shape index (κ3) is 4.73. The molecule has 0 unspecified atom stereocenters. The first kappa shape index (κ1) is 23.1. The van der Waals surface area contributed by atoms with Crippen LogP contribution in [0.5, 0.6) is 5.75 Å². The lowest BCUT2D eigenvalue weighted by Gasteiger charge is -2.27. The van der Waals surface area contributed by atoms with E-state index in [1.54, 1.807) is 0 Å². The Morgan fingerprint density at radius 2 is 2.06 bits per heavy atom. The van der Waals surface area contributed by atoms with Gasteiger partial charge >= 0.3 is 0 Å². The van der Waals surface area contributed by atoms with Crippen LogP contribution in [0, 0.1) is 17.8 Å². The van der Waals surface area contributed by atoms with Crippen LogP contribution in [0.3, 0.4) is 0 Å². The molecule has 4 atom stereocenters. The highest BCUT2D eigenvalue weighted by atomic mass is 16.5. The molecule has 4 aliphatic rings. The van der Waals surface area contributed by atoms with Crippen LogP contribution < -0.4 is 15.8 Å². The summed E-state index contributed by atoms with van der Waals surface area (Å²) in [7, 11) is 0. The van der Waals surface area contributed by atoms with Crippen LogP contribution in [0.1, 0.15) is 23.5 Å². The molecule has 0 spiro atoms. The Balaban J connectivity index is 1.16. The van der Waals surface area contributed by atoms with Gasteiger partial charge in [-0.1, -0.05) is 24.3 Å². The smallest absolute Gasteiger partial charge is 0.223 e. The van der Waals surface area contributed by atoms with Gasteiger partial charge in [-0.2, -0.15) is 0 Å². The zero-order valence-electron chi connectivity index (χ0n) is 20.3. The summed E-state index contributed by atoms with van der Waals surface area (Å²) in [4.78, 5) is 28.7. The van der Waals surface area contributed by atoms with Crippen LogP contribution in [-0.4, -0.2) is 72.5 Å². The standard InChI is InChI=1S/C27H32N6O3/c28-26(34)23-18-4-5-19(16-18)24(23)32-27-25-21(6-7-29-25)30-22(31-27)15-17-2-1-3-20(14-17)36-13-10-33-8-11-35-12-9-33/h1-5,7,14,18-19,23-24H,6,8-13,15-16H2,(H2,28,34)(H,30,31,32)/t18-,19+,23-,24+/m0/s1. The van der Waals surface area contributed by atoms with E-state index in [0.29, 0.717) is 25.3 Å². The number of anilines is 1. The van der Waals surface area contributed by atoms with Gasteiger partial charge in [0, 0.05) is 44.7 Å². The number of primary amides is 1. The third-order valence-electron chi connectivity index (χ3n) is 7.64. The first-order valence-electron chi connectivity index (χ1n) is 12.8. The predicted molar refractivity (Wildman–Crippen MR) is 137 cm³/mol. The van der Waals surface area contributed by atoms with E-state index in [4.69, 9.17) is 25.2 Å². The highest BCUT2D eigenvalue weighted by Crippen LogP contribution is 2.45. The Bertz CT molecular complexity index is 1190. The van der Waals surface area contributed by atoms with Gasteiger partial charge in [-0.15, -0.1) is 0 Å². The molecule has 2 fully saturated rings. The zero-order chi connectivity index (χ0) is 24.5. The van der Waals surface area contributed by atoms with Gasteiger partial charge < -0.3 is 20.5 Å². The van der Waals surface area contributed by atoms with Crippen LogP contribution in [0.25, 0.3) is 0 Å². The van der Waals surface area contributed by atoms with Crippen molar-refractivity contribution in [2.75, 3.05) is 44.8 Å². The second-order valence-electron chi connectivity index (χ2n) is 9.97. The summed E-state index contributed by atoms with van der Waals surface area (Å²) in [5.41, 5.74) is 8.54. The van der Waals surface area contributed by atoms with Crippen LogP contribution in [0.15, 0.2) is 41.4 Å². The van der Waals surface area contributed by atoms with E-state index in [1.807, 2.05) is 18.3 Å². The van der Waals surface area contributed by atoms with Gasteiger partial charge in [0.05, 0.1) is 24.8 Å². The molecule has 2 aliphatic carbocycles. The fourth-order valence-electron chi connectivity index (χ4n) is 5.84. The molecular weight excluding hydrogens is 456 g/mol. The van der Waals surface area contributed by atoms with Gasteiger partial charge in [-0.25, -0.2) is 9.97 Å². The summed E-state index contributed by atoms with van der Waals surface area (Å²) in [6.45, 7) is 5.03. The molecule has 9 nitrogen and oxygen atoms in total. The van der Waals surface area contributed by atoms with Crippen molar-refractivity contribution in [1.82, 2.24) is 14.9 Å². The monoisotopic (exact) mass is 488 g/mol. The fraction of sp³-hybridized carbons (Fsp3) is 0.481. The minimum absolute atomic E-state index is 0.0663. The number of nitrogens with zero attached hydrogens (tertiary/aromatic N) is 4. The number of aromatic nitrogens is 2. The molecule has 2 aromatic rings. The number of nitrogens with two attached hydrogens (primary N) is 1. The molecule has 3 heterocycles. The number of morpholine rings is 1. The molecule has 9 heteroatoms. The molecule has 2 bridgehead atoms. The Morgan fingerprint density at radius 3 is 2.92 bits per heavy atom. The molecule has 2 aliphatic heterocycles. The van der Waals surface area contributed by atoms with E-state index < -0.39 is 0 Å². The van der Waals surface area contributed by atoms with Crippen molar-refractivity contribution in [1.29, 1.82) is 0 Å². The van der Waals surface area contributed by atoms with Crippen molar-refractivity contribution < 1.29 is 14.3 Å². The predicted octanol–water partition coefficient (Wildman–Crippen LogP) is 2.12. The molecule has 1 amide bonds. The topological polar surface area (TPSA) is 115 Å². The second-order valence-corrected chi connectivity index (χ2v) is 9.97. The van der Waals surface area contributed by atoms with Gasteiger partial charge in [-0.05, 0) is 36.0 Å². The highest BCUT2D eigenvalue weighted by Gasteiger charge is 2.47. The van der Waals surface area contributed by atoms with Crippen molar-refractivity contribution >= 4 is 23.6 Å². The van der Waals surface area contributed by atoms with Gasteiger partial charge in [0.15, 0.2) is 5.82 Å². The van der Waals surface area contributed by atoms with Gasteiger partial charge in [0.1, 0.15) is 23.9 Å². The fourth-order valence-corrected chi connectivity index (χ4v) is 5.84. The average molecular weight is 489 g/mol. The summed E-state index contributed by atoms with van der Waals surface area (Å²) in [6, 6.07) is 8.05. The number of allylic oxidation sites excluding steroid dienone is 1. The van der Waals surface area contributed by atoms with Crippen molar-refractivity contribution in [3.63, 3.8) is 0 Å². The molecule has 1 saturated heterocycles. The normalized spacial score (nSPS) is 26.3. The van der Waals surface area contributed by atoms with E-state index >= 15 is 0 Å². The number of aliphatic imine (C=N–C) groups is 1. The van der Waals surface area contributed by atoms with Crippen LogP contribution in [0.4, 0.5) is 11.5 Å². The average Bonchev–Trinajstić information content (AvgIpc) is 3.62. The Kier molecular flexibility index (Phi) is 6.41. The minimum atomic E-state index is -0.260. The molecule has 1 aromatic heterocycles. The van der Waals surface area contributed by atoms with Crippen LogP contribution in [0.2, 0.25) is 0 Å². The quantitative estimate of drug-likeness (QED) is 0.520. The number of rotatable bonds is 9. The SMILES string of the molecule is NC(=O)[C@@H]1[C@H](Nc2nc(Cc3cccc(OCCN4CCOCC4)c3)nc3c2N=CC3)[C@@H]2C=C[C@H]1C2. The zero-order valence-corrected chi connectivity index (χ0v) is 20.3. The van der Waals surface area contributed by atoms with Gasteiger partial charge in [-0.3, -0.25) is 14.7 Å². The number of carbonyl (C=O) groups is 1. The largest absolute Gasteiger partial charge is 0.492 e. The number of hydrogen-bond donors (Lipinski definition) is 2. The number of fused-ring (bicyclic) bond motifs is 3. The van der Waals surface area contributed by atoms with E-state index in [1.165, 1.54) is 0 Å². The lowest BCUT2D eigenvalue weighted by atomic mass is 9.88. The maximum atomic E-state index is 12.2. The lowest BCUT2D eigenvalue weighted by Crippen LogP contribution is -2.41. The van der Waals surface area contributed by atoms with Crippen molar-refractivity contribution in [3.8, 4) is 5.75 Å². The van der Waals surface area contributed by atoms with Gasteiger partial charge in [0.2, 0.25) is 5.91 Å². The Labute approximate surface area is 210 Å². The molecular formula is C27H32N6O3. The second kappa shape index (κ2) is 9.99. The van der Waals surface area contributed by atoms with Crippen LogP contribution in [-0.2, 0) is 22.4 Å². The molecule has 0 radical (unpaired) electrons. The van der Waals surface area contributed by atoms with Crippen molar-refractivity contribution in [2.24, 2.45) is 28.5 Å². The summed E-state index contributed by atoms with van der Waals surface area (Å²) in [6.07, 6.45) is 8.40. The maximum Gasteiger partial charge on any atom is 0.223 e. The molecule has 1 saturated carbocycles. The van der Waals surface area contributed by atoms with Crippen molar-refractivity contribution in [2.45, 2.75) is 25.3 Å². The summed E-state index contributed by atoms with van der Waals surface area (Å²) in [5.74, 6) is 2.25. The number of ether oxygens (including phenoxy) is 2. The van der Waals surface area contributed by atoms with Crippen molar-refractivity contribution in [3.05, 3.63) is 53.5 Å². The number of amides is 1. The molecule has 188 valence electrons. The summed E-state index contributed by atoms with van der Waals surface area (Å²) < 4.78 is 11.4. The summed E-state index contributed by atoms with van der Waals surface area (Å²) >= 11 is 0. The first-order valence-corrected chi connectivity index (χ1v) is 12.8. The number of benzene rings is 1. The number of nitrogens with one attached hydrogen (secondary N) is 1. The maximum absolute atomic E-state index is 12.2. The Hall–Kier alpha value is -3.30. The molecule has 36 heavy (non-hydrogen) atoms. The highest BCUT2D eigenvalue weighted by molar-refractivity contribution is 5.82. The van der Waals surface area contributed by atoms with E-state index in [-0.39, 0.29) is 29.7 Å². The van der Waals surface area contributed by atoms with E-state index in [0.717, 1.165) is 67.8 Å². The summed E-state index contributed by atoms with van der Waals surface area (Å²) in [5, 5.41) is 3.55. The minimum Gasteiger partial charge on any atom is -0.492 e. The number of hydrogen-bond acceptors (Lipinski definition) is 8. The molecule has 1 aromatic carbocycles. The lowest BCUT2D eigenvalue weighted by molar-refractivity contribution is -0.122. The molecule has 3 N–H and O–H groups in total. The van der Waals surface area contributed by atoms with E-state index in [9.17, 15) is 4.79 Å². The van der Waals surface area contributed by atoms with Crippen LogP contribution >= 0.6 is 0 Å². The van der Waals surface area contributed by atoms with E-state index in [2.05, 4.69) is 39.5 Å². The third-order valence-corrected chi connectivity index (χ3v) is 7.64. The molecule has 6 rings (SSSR count). The number of carbonyl (C=O) groups excluding carboxylic acids is 1. The Morgan fingerprint density at radius 1 is 1.19 bits per heavy atom.